The van der Waals surface area contributed by atoms with Crippen molar-refractivity contribution in [3.63, 3.8) is 0 Å². The van der Waals surface area contributed by atoms with E-state index in [1.807, 2.05) is 34.0 Å². The molecule has 7 nitrogen and oxygen atoms in total. The number of anilines is 1. The predicted octanol–water partition coefficient (Wildman–Crippen LogP) is 3.20. The number of alkyl halides is 1. The van der Waals surface area contributed by atoms with E-state index in [0.29, 0.717) is 55.4 Å². The molecule has 0 aliphatic heterocycles. The van der Waals surface area contributed by atoms with Crippen LogP contribution in [0.3, 0.4) is 0 Å². The number of pyridine rings is 1. The van der Waals surface area contributed by atoms with Gasteiger partial charge in [-0.05, 0) is 83.2 Å². The molecule has 1 aromatic rings. The molecule has 0 radical (unpaired) electrons. The van der Waals surface area contributed by atoms with Gasteiger partial charge in [0.15, 0.2) is 0 Å². The molecule has 4 aliphatic carbocycles. The molecule has 5 rings (SSSR count). The average molecular weight is 502 g/mol. The highest BCUT2D eigenvalue weighted by atomic mass is 19.1. The molecule has 4 aliphatic rings. The van der Waals surface area contributed by atoms with Crippen molar-refractivity contribution < 1.29 is 24.5 Å². The van der Waals surface area contributed by atoms with E-state index in [2.05, 4.69) is 15.6 Å². The number of nitrogens with one attached hydrogen (secondary N) is 2. The molecule has 7 atom stereocenters. The second-order valence-electron chi connectivity index (χ2n) is 11.2. The summed E-state index contributed by atoms with van der Waals surface area (Å²) in [4.78, 5) is 17.5. The van der Waals surface area contributed by atoms with E-state index in [0.717, 1.165) is 5.69 Å². The van der Waals surface area contributed by atoms with Crippen LogP contribution >= 0.6 is 0 Å². The Bertz CT molecular complexity index is 1060. The van der Waals surface area contributed by atoms with Crippen LogP contribution in [0.4, 0.5) is 10.1 Å². The van der Waals surface area contributed by atoms with Crippen LogP contribution in [-0.2, 0) is 4.79 Å². The summed E-state index contributed by atoms with van der Waals surface area (Å²) >= 11 is 0. The zero-order chi connectivity index (χ0) is 26.3. The van der Waals surface area contributed by atoms with E-state index in [9.17, 15) is 20.1 Å². The van der Waals surface area contributed by atoms with Crippen molar-refractivity contribution >= 4 is 11.6 Å². The summed E-state index contributed by atoms with van der Waals surface area (Å²) in [7, 11) is 3.75. The molecule has 8 heteroatoms. The third-order valence-electron chi connectivity index (χ3n) is 8.96. The van der Waals surface area contributed by atoms with E-state index in [1.165, 1.54) is 0 Å². The maximum atomic E-state index is 16.1. The van der Waals surface area contributed by atoms with Crippen molar-refractivity contribution in [3.8, 4) is 0 Å². The van der Waals surface area contributed by atoms with Gasteiger partial charge in [0, 0.05) is 29.5 Å². The molecule has 2 saturated carbocycles. The first-order valence-electron chi connectivity index (χ1n) is 13.0. The fourth-order valence-electron chi connectivity index (χ4n) is 7.05. The van der Waals surface area contributed by atoms with Crippen molar-refractivity contribution in [1.29, 1.82) is 0 Å². The third kappa shape index (κ3) is 4.32. The monoisotopic (exact) mass is 501 g/mol. The quantitative estimate of drug-likeness (QED) is 0.398. The first-order valence-corrected chi connectivity index (χ1v) is 13.0. The SMILES string of the molecule is CNC.Cc1ncccc1NC(=O)C1=CCC2C1(C)CC=C1C(O)C3(F)CC(O)CCC3CC[C@@]12O. The largest absolute Gasteiger partial charge is 0.393 e. The van der Waals surface area contributed by atoms with Gasteiger partial charge in [-0.2, -0.15) is 0 Å². The standard InChI is InChI=1S/C26H33FN2O4.C2H7N/c1-15-20(4-3-13-28-15)29-23(32)19-7-8-21-24(19,2)11-10-18-22(31)25(27)14-17(30)6-5-16(25)9-12-26(18,21)33;1-3-2/h3-4,7,10,13,16-17,21-22,30-31,33H,5-6,8-9,11-12,14H2,1-2H3,(H,29,32);3H,1-2H3/t16?,17?,21?,22?,24?,25?,26-;/m1./s1. The number of amides is 1. The maximum absolute atomic E-state index is 16.1. The molecule has 1 amide bonds. The number of hydrogen-bond acceptors (Lipinski definition) is 6. The van der Waals surface area contributed by atoms with Crippen LogP contribution in [0.2, 0.25) is 0 Å². The Morgan fingerprint density at radius 3 is 2.61 bits per heavy atom. The summed E-state index contributed by atoms with van der Waals surface area (Å²) in [5.74, 6) is -0.947. The van der Waals surface area contributed by atoms with E-state index in [1.54, 1.807) is 24.4 Å². The summed E-state index contributed by atoms with van der Waals surface area (Å²) < 4.78 is 16.1. The number of aryl methyl sites for hydroxylation is 1. The molecule has 1 aromatic heterocycles. The second kappa shape index (κ2) is 9.97. The normalized spacial score (nSPS) is 39.2. The van der Waals surface area contributed by atoms with Gasteiger partial charge in [0.2, 0.25) is 0 Å². The Morgan fingerprint density at radius 1 is 1.19 bits per heavy atom. The van der Waals surface area contributed by atoms with Gasteiger partial charge in [0.1, 0.15) is 11.8 Å². The summed E-state index contributed by atoms with van der Waals surface area (Å²) in [6, 6.07) is 3.57. The summed E-state index contributed by atoms with van der Waals surface area (Å²) in [6.07, 6.45) is 5.69. The fourth-order valence-corrected chi connectivity index (χ4v) is 7.05. The highest BCUT2D eigenvalue weighted by Gasteiger charge is 2.63. The number of aliphatic hydroxyl groups is 3. The number of aliphatic hydroxyl groups excluding tert-OH is 2. The summed E-state index contributed by atoms with van der Waals surface area (Å²) in [5.41, 5.74) is -1.64. The van der Waals surface area contributed by atoms with Crippen LogP contribution in [0.5, 0.6) is 0 Å². The molecular formula is C28H40FN3O4. The van der Waals surface area contributed by atoms with Gasteiger partial charge >= 0.3 is 0 Å². The fraction of sp³-hybridized carbons (Fsp3) is 0.643. The summed E-state index contributed by atoms with van der Waals surface area (Å²) in [6.45, 7) is 3.81. The number of allylic oxidation sites excluding steroid dienone is 2. The number of fused-ring (bicyclic) bond motifs is 4. The maximum Gasteiger partial charge on any atom is 0.251 e. The second-order valence-corrected chi connectivity index (χ2v) is 11.2. The third-order valence-corrected chi connectivity index (χ3v) is 8.96. The van der Waals surface area contributed by atoms with Crippen LogP contribution in [0, 0.1) is 24.2 Å². The minimum absolute atomic E-state index is 0.107. The average Bonchev–Trinajstić information content (AvgIpc) is 3.15. The van der Waals surface area contributed by atoms with Crippen molar-refractivity contribution in [3.05, 3.63) is 47.3 Å². The molecule has 5 N–H and O–H groups in total. The molecule has 36 heavy (non-hydrogen) atoms. The van der Waals surface area contributed by atoms with Gasteiger partial charge < -0.3 is 26.0 Å². The Labute approximate surface area is 212 Å². The number of carbonyl (C=O) groups is 1. The van der Waals surface area contributed by atoms with Crippen LogP contribution in [0.25, 0.3) is 0 Å². The van der Waals surface area contributed by atoms with E-state index in [4.69, 9.17) is 0 Å². The number of hydrogen-bond donors (Lipinski definition) is 5. The van der Waals surface area contributed by atoms with Crippen molar-refractivity contribution in [2.24, 2.45) is 17.3 Å². The van der Waals surface area contributed by atoms with Crippen LogP contribution in [-0.4, -0.2) is 63.8 Å². The highest BCUT2D eigenvalue weighted by Crippen LogP contribution is 2.61. The molecule has 0 saturated heterocycles. The molecule has 0 spiro atoms. The number of rotatable bonds is 2. The molecule has 0 aromatic carbocycles. The Morgan fingerprint density at radius 2 is 1.92 bits per heavy atom. The van der Waals surface area contributed by atoms with Crippen LogP contribution in [0.1, 0.15) is 57.6 Å². The lowest BCUT2D eigenvalue weighted by atomic mass is 9.58. The molecule has 0 bridgehead atoms. The van der Waals surface area contributed by atoms with Gasteiger partial charge in [-0.1, -0.05) is 19.1 Å². The first kappa shape index (κ1) is 26.9. The van der Waals surface area contributed by atoms with Crippen molar-refractivity contribution in [2.75, 3.05) is 19.4 Å². The van der Waals surface area contributed by atoms with Gasteiger partial charge in [-0.25, -0.2) is 4.39 Å². The van der Waals surface area contributed by atoms with Crippen molar-refractivity contribution in [1.82, 2.24) is 10.3 Å². The molecule has 6 unspecified atom stereocenters. The zero-order valence-electron chi connectivity index (χ0n) is 21.7. The van der Waals surface area contributed by atoms with Crippen LogP contribution in [0.15, 0.2) is 41.6 Å². The lowest BCUT2D eigenvalue weighted by Gasteiger charge is -2.50. The van der Waals surface area contributed by atoms with Gasteiger partial charge in [0.05, 0.1) is 23.1 Å². The predicted molar refractivity (Wildman–Crippen MR) is 137 cm³/mol. The van der Waals surface area contributed by atoms with Crippen LogP contribution < -0.4 is 10.6 Å². The van der Waals surface area contributed by atoms with E-state index >= 15 is 4.39 Å². The molecule has 2 fully saturated rings. The molecule has 198 valence electrons. The number of aromatic nitrogens is 1. The lowest BCUT2D eigenvalue weighted by molar-refractivity contribution is -0.115. The molecule has 1 heterocycles. The topological polar surface area (TPSA) is 115 Å². The summed E-state index contributed by atoms with van der Waals surface area (Å²) in [5, 5.41) is 39.0. The number of nitrogens with zero attached hydrogens (tertiary/aromatic N) is 1. The van der Waals surface area contributed by atoms with E-state index < -0.39 is 34.8 Å². The Balaban J connectivity index is 0.000000967. The lowest BCUT2D eigenvalue weighted by Crippen LogP contribution is -2.56. The Hall–Kier alpha value is -2.13. The zero-order valence-corrected chi connectivity index (χ0v) is 21.7. The van der Waals surface area contributed by atoms with E-state index in [-0.39, 0.29) is 18.2 Å². The highest BCUT2D eigenvalue weighted by molar-refractivity contribution is 6.05. The minimum Gasteiger partial charge on any atom is -0.393 e. The number of halogens is 1. The number of carbonyl (C=O) groups excluding carboxylic acids is 1. The minimum atomic E-state index is -1.94. The smallest absolute Gasteiger partial charge is 0.251 e. The van der Waals surface area contributed by atoms with Gasteiger partial charge in [-0.3, -0.25) is 9.78 Å². The van der Waals surface area contributed by atoms with Gasteiger partial charge in [0.25, 0.3) is 5.91 Å². The first-order chi connectivity index (χ1) is 17.0. The Kier molecular flexibility index (Phi) is 7.45. The van der Waals surface area contributed by atoms with Gasteiger partial charge in [-0.15, -0.1) is 0 Å². The van der Waals surface area contributed by atoms with Crippen molar-refractivity contribution in [2.45, 2.75) is 82.3 Å². The molecular weight excluding hydrogens is 461 g/mol.